The minimum absolute atomic E-state index is 0.227. The zero-order valence-corrected chi connectivity index (χ0v) is 14.6. The van der Waals surface area contributed by atoms with Crippen LogP contribution in [0.4, 0.5) is 0 Å². The smallest absolute Gasteiger partial charge is 0.335 e. The van der Waals surface area contributed by atoms with Crippen LogP contribution < -0.4 is 0 Å². The van der Waals surface area contributed by atoms with Crippen LogP contribution in [-0.4, -0.2) is 11.1 Å². The standard InChI is InChI=1S/C21H14ClNO3/c1-13-9-15(21(24)25)5-7-19(13)20-8-6-18(26-20)11-16(12-23)14-3-2-4-17(22)10-14/h2-11H,1H3,(H,24,25)/b16-11-. The van der Waals surface area contributed by atoms with Gasteiger partial charge in [0, 0.05) is 10.6 Å². The summed E-state index contributed by atoms with van der Waals surface area (Å²) in [7, 11) is 0. The quantitative estimate of drug-likeness (QED) is 0.606. The lowest BCUT2D eigenvalue weighted by Crippen LogP contribution is -1.96. The summed E-state index contributed by atoms with van der Waals surface area (Å²) in [5, 5.41) is 19.0. The minimum atomic E-state index is -0.970. The van der Waals surface area contributed by atoms with E-state index in [0.717, 1.165) is 11.1 Å². The normalized spacial score (nSPS) is 11.2. The van der Waals surface area contributed by atoms with Gasteiger partial charge in [0.15, 0.2) is 0 Å². The molecule has 128 valence electrons. The molecule has 0 aliphatic rings. The van der Waals surface area contributed by atoms with E-state index in [4.69, 9.17) is 21.1 Å². The topological polar surface area (TPSA) is 74.2 Å². The molecule has 3 aromatic rings. The third kappa shape index (κ3) is 3.69. The van der Waals surface area contributed by atoms with Crippen LogP contribution in [0, 0.1) is 18.3 Å². The Bertz CT molecular complexity index is 1060. The van der Waals surface area contributed by atoms with E-state index in [1.54, 1.807) is 54.6 Å². The first kappa shape index (κ1) is 17.5. The zero-order valence-electron chi connectivity index (χ0n) is 13.9. The summed E-state index contributed by atoms with van der Waals surface area (Å²) in [5.41, 5.74) is 2.97. The second kappa shape index (κ2) is 7.30. The minimum Gasteiger partial charge on any atom is -0.478 e. The van der Waals surface area contributed by atoms with Gasteiger partial charge >= 0.3 is 5.97 Å². The van der Waals surface area contributed by atoms with Crippen LogP contribution in [-0.2, 0) is 0 Å². The Morgan fingerprint density at radius 3 is 2.62 bits per heavy atom. The number of aromatic carboxylic acids is 1. The molecule has 0 saturated heterocycles. The lowest BCUT2D eigenvalue weighted by atomic mass is 10.0. The molecule has 2 aromatic carbocycles. The number of nitrogens with zero attached hydrogens (tertiary/aromatic N) is 1. The van der Waals surface area contributed by atoms with Crippen LogP contribution >= 0.6 is 11.6 Å². The van der Waals surface area contributed by atoms with Crippen LogP contribution in [0.1, 0.15) is 27.2 Å². The lowest BCUT2D eigenvalue weighted by Gasteiger charge is -2.04. The molecule has 0 aliphatic heterocycles. The van der Waals surface area contributed by atoms with Crippen LogP contribution in [0.2, 0.25) is 5.02 Å². The van der Waals surface area contributed by atoms with E-state index in [2.05, 4.69) is 6.07 Å². The number of benzene rings is 2. The number of carbonyl (C=O) groups is 1. The lowest BCUT2D eigenvalue weighted by molar-refractivity contribution is 0.0697. The summed E-state index contributed by atoms with van der Waals surface area (Å²) < 4.78 is 5.83. The van der Waals surface area contributed by atoms with Gasteiger partial charge in [-0.1, -0.05) is 29.8 Å². The fourth-order valence-electron chi connectivity index (χ4n) is 2.63. The molecule has 0 bridgehead atoms. The van der Waals surface area contributed by atoms with Crippen molar-refractivity contribution in [2.24, 2.45) is 0 Å². The number of furan rings is 1. The maximum Gasteiger partial charge on any atom is 0.335 e. The molecule has 1 N–H and O–H groups in total. The average Bonchev–Trinajstić information content (AvgIpc) is 3.07. The van der Waals surface area contributed by atoms with Gasteiger partial charge in [-0.25, -0.2) is 4.79 Å². The van der Waals surface area contributed by atoms with E-state index >= 15 is 0 Å². The second-order valence-electron chi connectivity index (χ2n) is 5.72. The van der Waals surface area contributed by atoms with Crippen molar-refractivity contribution < 1.29 is 14.3 Å². The molecule has 0 spiro atoms. The highest BCUT2D eigenvalue weighted by Gasteiger charge is 2.11. The van der Waals surface area contributed by atoms with Crippen LogP contribution in [0.15, 0.2) is 59.0 Å². The number of aryl methyl sites for hydroxylation is 1. The fourth-order valence-corrected chi connectivity index (χ4v) is 2.82. The van der Waals surface area contributed by atoms with E-state index in [1.165, 1.54) is 6.07 Å². The van der Waals surface area contributed by atoms with Gasteiger partial charge in [0.05, 0.1) is 17.2 Å². The number of halogens is 1. The molecule has 0 saturated carbocycles. The molecule has 4 nitrogen and oxygen atoms in total. The summed E-state index contributed by atoms with van der Waals surface area (Å²) in [6, 6.07) is 17.6. The molecule has 0 fully saturated rings. The van der Waals surface area contributed by atoms with E-state index in [0.29, 0.717) is 27.7 Å². The van der Waals surface area contributed by atoms with Crippen molar-refractivity contribution in [2.45, 2.75) is 6.92 Å². The first-order valence-corrected chi connectivity index (χ1v) is 8.17. The molecular formula is C21H14ClNO3. The summed E-state index contributed by atoms with van der Waals surface area (Å²) in [6.45, 7) is 1.83. The number of hydrogen-bond donors (Lipinski definition) is 1. The maximum absolute atomic E-state index is 11.0. The SMILES string of the molecule is Cc1cc(C(=O)O)ccc1-c1ccc(/C=C(/C#N)c2cccc(Cl)c2)o1. The van der Waals surface area contributed by atoms with Gasteiger partial charge in [-0.05, 0) is 60.5 Å². The van der Waals surface area contributed by atoms with Crippen LogP contribution in [0.3, 0.4) is 0 Å². The molecule has 1 heterocycles. The first-order chi connectivity index (χ1) is 12.5. The summed E-state index contributed by atoms with van der Waals surface area (Å²) >= 11 is 5.98. The highest BCUT2D eigenvalue weighted by molar-refractivity contribution is 6.30. The molecule has 0 aliphatic carbocycles. The monoisotopic (exact) mass is 363 g/mol. The van der Waals surface area contributed by atoms with Crippen molar-refractivity contribution >= 4 is 29.2 Å². The molecule has 5 heteroatoms. The zero-order chi connectivity index (χ0) is 18.7. The van der Waals surface area contributed by atoms with Gasteiger partial charge in [0.25, 0.3) is 0 Å². The van der Waals surface area contributed by atoms with Gasteiger partial charge in [0.1, 0.15) is 11.5 Å². The molecule has 3 rings (SSSR count). The number of hydrogen-bond acceptors (Lipinski definition) is 3. The van der Waals surface area contributed by atoms with E-state index in [-0.39, 0.29) is 5.56 Å². The Hall–Kier alpha value is -3.29. The predicted octanol–water partition coefficient (Wildman–Crippen LogP) is 5.67. The first-order valence-electron chi connectivity index (χ1n) is 7.80. The van der Waals surface area contributed by atoms with E-state index in [9.17, 15) is 10.1 Å². The Morgan fingerprint density at radius 1 is 1.15 bits per heavy atom. The summed E-state index contributed by atoms with van der Waals surface area (Å²) in [4.78, 5) is 11.0. The predicted molar refractivity (Wildman–Crippen MR) is 101 cm³/mol. The number of rotatable bonds is 4. The van der Waals surface area contributed by atoms with Gasteiger partial charge < -0.3 is 9.52 Å². The van der Waals surface area contributed by atoms with Crippen molar-refractivity contribution in [1.29, 1.82) is 5.26 Å². The Balaban J connectivity index is 1.95. The molecular weight excluding hydrogens is 350 g/mol. The van der Waals surface area contributed by atoms with E-state index in [1.807, 2.05) is 6.92 Å². The molecule has 26 heavy (non-hydrogen) atoms. The molecule has 0 amide bonds. The van der Waals surface area contributed by atoms with Crippen LogP contribution in [0.25, 0.3) is 23.0 Å². The third-order valence-electron chi connectivity index (χ3n) is 3.91. The van der Waals surface area contributed by atoms with Gasteiger partial charge in [-0.3, -0.25) is 0 Å². The third-order valence-corrected chi connectivity index (χ3v) is 4.14. The number of allylic oxidation sites excluding steroid dienone is 1. The van der Waals surface area contributed by atoms with Crippen molar-refractivity contribution in [1.82, 2.24) is 0 Å². The van der Waals surface area contributed by atoms with E-state index < -0.39 is 5.97 Å². The van der Waals surface area contributed by atoms with Crippen LogP contribution in [0.5, 0.6) is 0 Å². The van der Waals surface area contributed by atoms with Crippen molar-refractivity contribution in [3.05, 3.63) is 82.1 Å². The highest BCUT2D eigenvalue weighted by Crippen LogP contribution is 2.28. The second-order valence-corrected chi connectivity index (χ2v) is 6.15. The number of carboxylic acids is 1. The largest absolute Gasteiger partial charge is 0.478 e. The van der Waals surface area contributed by atoms with Gasteiger partial charge in [0.2, 0.25) is 0 Å². The highest BCUT2D eigenvalue weighted by atomic mass is 35.5. The number of carboxylic acid groups (broad SMARTS) is 1. The van der Waals surface area contributed by atoms with Crippen molar-refractivity contribution in [3.63, 3.8) is 0 Å². The molecule has 0 unspecified atom stereocenters. The molecule has 1 aromatic heterocycles. The Kier molecular flexibility index (Phi) is 4.92. The van der Waals surface area contributed by atoms with Crippen molar-refractivity contribution in [3.8, 4) is 17.4 Å². The summed E-state index contributed by atoms with van der Waals surface area (Å²) in [6.07, 6.45) is 1.65. The maximum atomic E-state index is 11.0. The Labute approximate surface area is 155 Å². The van der Waals surface area contributed by atoms with Gasteiger partial charge in [-0.15, -0.1) is 0 Å². The number of nitriles is 1. The van der Waals surface area contributed by atoms with Gasteiger partial charge in [-0.2, -0.15) is 5.26 Å². The molecule has 0 radical (unpaired) electrons. The average molecular weight is 364 g/mol. The van der Waals surface area contributed by atoms with Crippen molar-refractivity contribution in [2.75, 3.05) is 0 Å². The Morgan fingerprint density at radius 2 is 1.96 bits per heavy atom. The fraction of sp³-hybridized carbons (Fsp3) is 0.0476. The summed E-state index contributed by atoms with van der Waals surface area (Å²) in [5.74, 6) is 0.162. The molecule has 0 atom stereocenters.